The van der Waals surface area contributed by atoms with E-state index >= 15 is 0 Å². The molecule has 0 bridgehead atoms. The first-order valence-electron chi connectivity index (χ1n) is 4.03. The van der Waals surface area contributed by atoms with Gasteiger partial charge in [-0.25, -0.2) is 0 Å². The van der Waals surface area contributed by atoms with E-state index in [1.807, 2.05) is 0 Å². The summed E-state index contributed by atoms with van der Waals surface area (Å²) in [6, 6.07) is -1.43. The maximum Gasteiger partial charge on any atom is 0.173 e. The van der Waals surface area contributed by atoms with Crippen LogP contribution in [0.15, 0.2) is 0 Å². The third-order valence-corrected chi connectivity index (χ3v) is 1.84. The van der Waals surface area contributed by atoms with Crippen molar-refractivity contribution in [3.8, 4) is 0 Å². The van der Waals surface area contributed by atoms with E-state index in [0.717, 1.165) is 0 Å². The number of hydrogen-bond donors (Lipinski definition) is 5. The molecule has 1 fully saturated rings. The number of ether oxygens (including phenoxy) is 1. The quantitative estimate of drug-likeness (QED) is 0.290. The van der Waals surface area contributed by atoms with Gasteiger partial charge >= 0.3 is 0 Å². The minimum atomic E-state index is -2.48. The summed E-state index contributed by atoms with van der Waals surface area (Å²) < 4.78 is 11.7. The molecule has 72 valence electrons. The van der Waals surface area contributed by atoms with Crippen LogP contribution in [0.5, 0.6) is 0 Å². The van der Waals surface area contributed by atoms with Crippen molar-refractivity contribution in [1.29, 1.82) is 0 Å². The normalized spacial score (nSPS) is 56.6. The van der Waals surface area contributed by atoms with Gasteiger partial charge in [-0.05, 0) is 0 Å². The average molecular weight is 181 g/mol. The lowest BCUT2D eigenvalue weighted by Gasteiger charge is -2.38. The van der Waals surface area contributed by atoms with Crippen molar-refractivity contribution in [2.75, 3.05) is 6.61 Å². The molecule has 0 aliphatic carbocycles. The monoisotopic (exact) mass is 181 g/mol. The molecule has 1 aliphatic rings. The zero-order chi connectivity index (χ0) is 10.2. The maximum absolute atomic E-state index is 9.24. The molecule has 1 unspecified atom stereocenters. The largest absolute Gasteiger partial charge is 0.394 e. The fraction of sp³-hybridized carbons (Fsp3) is 1.00. The zero-order valence-electron chi connectivity index (χ0n) is 7.29. The number of nitrogens with two attached hydrogens (primary N) is 1. The van der Waals surface area contributed by atoms with E-state index in [0.29, 0.717) is 0 Å². The summed E-state index contributed by atoms with van der Waals surface area (Å²) in [5, 5.41) is 36.3. The molecule has 1 saturated heterocycles. The summed E-state index contributed by atoms with van der Waals surface area (Å²) in [5.74, 6) is 0. The SMILES string of the molecule is [3H]C1(O)O[C@H](CO)[C@H](O)[C@H](O)[C@H]1N. The van der Waals surface area contributed by atoms with Gasteiger partial charge in [-0.1, -0.05) is 0 Å². The summed E-state index contributed by atoms with van der Waals surface area (Å²) in [6.45, 7) is -0.605. The number of aliphatic hydroxyl groups is 4. The van der Waals surface area contributed by atoms with E-state index in [1.165, 1.54) is 0 Å². The van der Waals surface area contributed by atoms with Crippen LogP contribution in [-0.4, -0.2) is 57.7 Å². The molecule has 0 radical (unpaired) electrons. The third-order valence-electron chi connectivity index (χ3n) is 1.84. The molecule has 0 aromatic heterocycles. The molecule has 6 heteroatoms. The molecule has 1 rings (SSSR count). The van der Waals surface area contributed by atoms with Gasteiger partial charge in [0.1, 0.15) is 18.3 Å². The van der Waals surface area contributed by atoms with Crippen molar-refractivity contribution in [2.24, 2.45) is 5.73 Å². The van der Waals surface area contributed by atoms with Gasteiger partial charge in [-0.3, -0.25) is 0 Å². The minimum absolute atomic E-state index is 0.605. The van der Waals surface area contributed by atoms with Gasteiger partial charge in [-0.15, -0.1) is 0 Å². The fourth-order valence-corrected chi connectivity index (χ4v) is 1.03. The predicted molar refractivity (Wildman–Crippen MR) is 38.0 cm³/mol. The second-order valence-electron chi connectivity index (χ2n) is 2.68. The molecule has 0 aromatic rings. The second kappa shape index (κ2) is 3.65. The fourth-order valence-electron chi connectivity index (χ4n) is 1.03. The molecule has 0 amide bonds. The highest BCUT2D eigenvalue weighted by Crippen LogP contribution is 2.17. The summed E-state index contributed by atoms with van der Waals surface area (Å²) >= 11 is 0. The minimum Gasteiger partial charge on any atom is -0.394 e. The summed E-state index contributed by atoms with van der Waals surface area (Å²) in [6.07, 6.45) is -6.57. The van der Waals surface area contributed by atoms with Crippen LogP contribution in [-0.2, 0) is 4.74 Å². The van der Waals surface area contributed by atoms with Crippen LogP contribution < -0.4 is 5.73 Å². The molecule has 1 heterocycles. The zero-order valence-corrected chi connectivity index (χ0v) is 6.29. The second-order valence-corrected chi connectivity index (χ2v) is 2.68. The lowest BCUT2D eigenvalue weighted by Crippen LogP contribution is -2.61. The molecule has 12 heavy (non-hydrogen) atoms. The van der Waals surface area contributed by atoms with E-state index < -0.39 is 37.2 Å². The van der Waals surface area contributed by atoms with Crippen LogP contribution in [0.4, 0.5) is 0 Å². The molecule has 6 N–H and O–H groups in total. The van der Waals surface area contributed by atoms with Crippen molar-refractivity contribution in [3.05, 3.63) is 0 Å². The van der Waals surface area contributed by atoms with Crippen molar-refractivity contribution in [1.82, 2.24) is 0 Å². The number of hydrogen-bond acceptors (Lipinski definition) is 6. The number of rotatable bonds is 1. The Hall–Kier alpha value is -0.240. The number of aliphatic hydroxyl groups excluding tert-OH is 3. The van der Waals surface area contributed by atoms with Gasteiger partial charge < -0.3 is 30.9 Å². The van der Waals surface area contributed by atoms with Gasteiger partial charge in [0.25, 0.3) is 0 Å². The highest BCUT2D eigenvalue weighted by Gasteiger charge is 2.41. The van der Waals surface area contributed by atoms with E-state index in [9.17, 15) is 10.2 Å². The maximum atomic E-state index is 9.24. The summed E-state index contributed by atoms with van der Waals surface area (Å²) in [5.41, 5.74) is 5.21. The average Bonchev–Trinajstić information content (AvgIpc) is 2.08. The predicted octanol–water partition coefficient (Wildman–Crippen LogP) is -3.26. The Labute approximate surface area is 70.6 Å². The van der Waals surface area contributed by atoms with Crippen LogP contribution in [0.1, 0.15) is 1.37 Å². The molecule has 6 nitrogen and oxygen atoms in total. The smallest absolute Gasteiger partial charge is 0.173 e. The van der Waals surface area contributed by atoms with E-state index in [2.05, 4.69) is 4.74 Å². The van der Waals surface area contributed by atoms with E-state index in [1.54, 1.807) is 0 Å². The third kappa shape index (κ3) is 1.58. The van der Waals surface area contributed by atoms with Crippen molar-refractivity contribution in [2.45, 2.75) is 30.6 Å². The van der Waals surface area contributed by atoms with Crippen molar-refractivity contribution in [3.63, 3.8) is 0 Å². The Morgan fingerprint density at radius 2 is 1.92 bits per heavy atom. The Kier molecular flexibility index (Phi) is 2.54. The van der Waals surface area contributed by atoms with E-state index in [-0.39, 0.29) is 0 Å². The first-order chi connectivity index (χ1) is 5.90. The van der Waals surface area contributed by atoms with Gasteiger partial charge in [0.05, 0.1) is 14.0 Å². The molecular formula is C6H13NO5. The Morgan fingerprint density at radius 3 is 2.42 bits per heavy atom. The molecule has 5 atom stereocenters. The standard InChI is InChI=1S/C6H13NO5/c7-3-5(10)4(9)2(1-8)12-6(3)11/h2-6,8-11H,1,7H2/t2-,3-,4+,5-,6?/m1/s1/i6T. The van der Waals surface area contributed by atoms with Gasteiger partial charge in [0.2, 0.25) is 0 Å². The van der Waals surface area contributed by atoms with Gasteiger partial charge in [0.15, 0.2) is 6.27 Å². The van der Waals surface area contributed by atoms with Crippen LogP contribution in [0.25, 0.3) is 0 Å². The molecule has 0 spiro atoms. The van der Waals surface area contributed by atoms with Crippen LogP contribution in [0, 0.1) is 0 Å². The first-order valence-corrected chi connectivity index (χ1v) is 3.53. The highest BCUT2D eigenvalue weighted by molar-refractivity contribution is 4.90. The first kappa shape index (κ1) is 8.36. The van der Waals surface area contributed by atoms with Crippen molar-refractivity contribution < 1.29 is 26.5 Å². The van der Waals surface area contributed by atoms with Crippen LogP contribution in [0.3, 0.4) is 0 Å². The summed E-state index contributed by atoms with van der Waals surface area (Å²) in [7, 11) is 0. The Balaban J connectivity index is 2.79. The van der Waals surface area contributed by atoms with Crippen LogP contribution >= 0.6 is 0 Å². The molecular weight excluding hydrogens is 166 g/mol. The molecule has 0 saturated carbocycles. The topological polar surface area (TPSA) is 116 Å². The highest BCUT2D eigenvalue weighted by atomic mass is 16.6. The molecule has 1 aliphatic heterocycles. The lowest BCUT2D eigenvalue weighted by atomic mass is 9.98. The van der Waals surface area contributed by atoms with Gasteiger partial charge in [0, 0.05) is 0 Å². The lowest BCUT2D eigenvalue weighted by molar-refractivity contribution is -0.248. The Morgan fingerprint density at radius 1 is 1.33 bits per heavy atom. The van der Waals surface area contributed by atoms with Crippen LogP contribution in [0.2, 0.25) is 0 Å². The van der Waals surface area contributed by atoms with Crippen molar-refractivity contribution >= 4 is 0 Å². The molecule has 0 aromatic carbocycles. The van der Waals surface area contributed by atoms with E-state index in [4.69, 9.17) is 17.3 Å². The Bertz CT molecular complexity index is 188. The van der Waals surface area contributed by atoms with Gasteiger partial charge in [-0.2, -0.15) is 0 Å². The summed E-state index contributed by atoms with van der Waals surface area (Å²) in [4.78, 5) is 0.